The molecule has 4 N–H and O–H groups in total. The minimum atomic E-state index is 0.00749. The number of H-pyrrole nitrogens is 1. The summed E-state index contributed by atoms with van der Waals surface area (Å²) in [5, 5.41) is 10.1. The summed E-state index contributed by atoms with van der Waals surface area (Å²) in [7, 11) is 0. The van der Waals surface area contributed by atoms with Crippen molar-refractivity contribution in [1.82, 2.24) is 9.97 Å². The van der Waals surface area contributed by atoms with Gasteiger partial charge in [-0.15, -0.1) is 0 Å². The molecule has 2 aromatic rings. The van der Waals surface area contributed by atoms with Crippen LogP contribution in [0.25, 0.3) is 11.0 Å². The van der Waals surface area contributed by atoms with Gasteiger partial charge in [0, 0.05) is 0 Å². The summed E-state index contributed by atoms with van der Waals surface area (Å²) < 4.78 is 0. The van der Waals surface area contributed by atoms with Crippen LogP contribution < -0.4 is 10.9 Å². The highest BCUT2D eigenvalue weighted by Crippen LogP contribution is 2.14. The summed E-state index contributed by atoms with van der Waals surface area (Å²) in [5.41, 5.74) is 1.81. The monoisotopic (exact) mass is 192 g/mol. The molecular formula is C9H12N4O. The van der Waals surface area contributed by atoms with Crippen molar-refractivity contribution in [2.75, 3.05) is 18.2 Å². The van der Waals surface area contributed by atoms with Crippen molar-refractivity contribution in [3.05, 3.63) is 24.3 Å². The first-order valence-electron chi connectivity index (χ1n) is 4.39. The molecule has 2 rings (SSSR count). The Labute approximate surface area is 81.1 Å². The van der Waals surface area contributed by atoms with Crippen LogP contribution in [0.4, 0.5) is 5.95 Å². The predicted molar refractivity (Wildman–Crippen MR) is 54.7 cm³/mol. The van der Waals surface area contributed by atoms with E-state index in [9.17, 15) is 0 Å². The summed E-state index contributed by atoms with van der Waals surface area (Å²) in [5.74, 6) is 6.22. The van der Waals surface area contributed by atoms with Crippen LogP contribution in [0.3, 0.4) is 0 Å². The molecule has 0 aliphatic rings. The summed E-state index contributed by atoms with van der Waals surface area (Å²) in [6.45, 7) is 0.368. The molecule has 0 saturated carbocycles. The molecule has 1 aromatic heterocycles. The van der Waals surface area contributed by atoms with Crippen molar-refractivity contribution in [2.24, 2.45) is 5.84 Å². The van der Waals surface area contributed by atoms with Gasteiger partial charge in [0.1, 0.15) is 0 Å². The second-order valence-corrected chi connectivity index (χ2v) is 2.99. The molecule has 0 spiro atoms. The Hall–Kier alpha value is -1.59. The van der Waals surface area contributed by atoms with E-state index in [1.54, 1.807) is 0 Å². The molecule has 0 radical (unpaired) electrons. The first kappa shape index (κ1) is 8.98. The molecule has 0 fully saturated rings. The van der Waals surface area contributed by atoms with E-state index in [0.29, 0.717) is 12.5 Å². The number of fused-ring (bicyclic) bond motifs is 1. The van der Waals surface area contributed by atoms with Gasteiger partial charge in [-0.2, -0.15) is 0 Å². The van der Waals surface area contributed by atoms with E-state index in [4.69, 9.17) is 10.9 Å². The highest BCUT2D eigenvalue weighted by atomic mass is 16.3. The molecule has 0 aliphatic heterocycles. The molecule has 0 amide bonds. The average Bonchev–Trinajstić information content (AvgIpc) is 2.61. The van der Waals surface area contributed by atoms with Crippen LogP contribution in [0.1, 0.15) is 0 Å². The van der Waals surface area contributed by atoms with Gasteiger partial charge in [-0.3, -0.25) is 5.01 Å². The largest absolute Gasteiger partial charge is 0.394 e. The second kappa shape index (κ2) is 3.65. The Kier molecular flexibility index (Phi) is 2.34. The fourth-order valence-corrected chi connectivity index (χ4v) is 1.29. The number of nitrogens with one attached hydrogen (secondary N) is 1. The topological polar surface area (TPSA) is 78.2 Å². The van der Waals surface area contributed by atoms with E-state index in [1.165, 1.54) is 5.01 Å². The number of nitrogens with zero attached hydrogens (tertiary/aromatic N) is 2. The Bertz CT molecular complexity index is 392. The number of nitrogens with two attached hydrogens (primary N) is 1. The maximum absolute atomic E-state index is 8.71. The van der Waals surface area contributed by atoms with Gasteiger partial charge in [0.05, 0.1) is 24.2 Å². The molecule has 74 valence electrons. The third kappa shape index (κ3) is 1.55. The van der Waals surface area contributed by atoms with Crippen molar-refractivity contribution in [3.8, 4) is 0 Å². The summed E-state index contributed by atoms with van der Waals surface area (Å²) in [6, 6.07) is 7.68. The van der Waals surface area contributed by atoms with Crippen LogP contribution >= 0.6 is 0 Å². The molecule has 5 nitrogen and oxygen atoms in total. The molecule has 0 saturated heterocycles. The standard InChI is InChI=1S/C9H12N4O/c10-13(5-6-14)9-11-7-3-1-2-4-8(7)12-9/h1-4,14H,5-6,10H2,(H,11,12). The van der Waals surface area contributed by atoms with Crippen LogP contribution in [-0.4, -0.2) is 28.2 Å². The van der Waals surface area contributed by atoms with Crippen LogP contribution in [0.15, 0.2) is 24.3 Å². The zero-order valence-corrected chi connectivity index (χ0v) is 7.64. The van der Waals surface area contributed by atoms with E-state index in [1.807, 2.05) is 24.3 Å². The lowest BCUT2D eigenvalue weighted by Gasteiger charge is -2.12. The Morgan fingerprint density at radius 1 is 1.43 bits per heavy atom. The van der Waals surface area contributed by atoms with E-state index >= 15 is 0 Å². The molecule has 1 heterocycles. The number of aromatic nitrogens is 2. The van der Waals surface area contributed by atoms with Gasteiger partial charge in [0.2, 0.25) is 5.95 Å². The lowest BCUT2D eigenvalue weighted by molar-refractivity contribution is 0.301. The quantitative estimate of drug-likeness (QED) is 0.480. The fraction of sp³-hybridized carbons (Fsp3) is 0.222. The number of aliphatic hydroxyl groups excluding tert-OH is 1. The molecule has 1 aromatic carbocycles. The van der Waals surface area contributed by atoms with Crippen molar-refractivity contribution in [2.45, 2.75) is 0 Å². The number of anilines is 1. The van der Waals surface area contributed by atoms with Gasteiger partial charge in [0.15, 0.2) is 0 Å². The van der Waals surface area contributed by atoms with Gasteiger partial charge in [0.25, 0.3) is 0 Å². The van der Waals surface area contributed by atoms with Crippen LogP contribution in [0, 0.1) is 0 Å². The lowest BCUT2D eigenvalue weighted by Crippen LogP contribution is -2.34. The summed E-state index contributed by atoms with van der Waals surface area (Å²) in [4.78, 5) is 7.32. The lowest BCUT2D eigenvalue weighted by atomic mass is 10.3. The number of imidazole rings is 1. The van der Waals surface area contributed by atoms with E-state index in [2.05, 4.69) is 9.97 Å². The second-order valence-electron chi connectivity index (χ2n) is 2.99. The number of rotatable bonds is 3. The van der Waals surface area contributed by atoms with E-state index < -0.39 is 0 Å². The van der Waals surface area contributed by atoms with Gasteiger partial charge in [-0.25, -0.2) is 10.8 Å². The van der Waals surface area contributed by atoms with E-state index in [-0.39, 0.29) is 6.61 Å². The minimum Gasteiger partial charge on any atom is -0.394 e. The fourth-order valence-electron chi connectivity index (χ4n) is 1.29. The normalized spacial score (nSPS) is 10.7. The molecule has 0 unspecified atom stereocenters. The number of para-hydroxylation sites is 2. The molecule has 0 bridgehead atoms. The third-order valence-corrected chi connectivity index (χ3v) is 1.99. The number of hydrazine groups is 1. The van der Waals surface area contributed by atoms with Crippen molar-refractivity contribution in [3.63, 3.8) is 0 Å². The molecule has 14 heavy (non-hydrogen) atoms. The van der Waals surface area contributed by atoms with Gasteiger partial charge in [-0.05, 0) is 12.1 Å². The van der Waals surface area contributed by atoms with Crippen LogP contribution in [0.2, 0.25) is 0 Å². The molecule has 0 atom stereocenters. The highest BCUT2D eigenvalue weighted by molar-refractivity contribution is 5.77. The summed E-state index contributed by atoms with van der Waals surface area (Å²) in [6.07, 6.45) is 0. The minimum absolute atomic E-state index is 0.00749. The Balaban J connectivity index is 2.35. The Morgan fingerprint density at radius 2 is 2.21 bits per heavy atom. The van der Waals surface area contributed by atoms with Crippen LogP contribution in [0.5, 0.6) is 0 Å². The maximum atomic E-state index is 8.71. The van der Waals surface area contributed by atoms with Gasteiger partial charge in [-0.1, -0.05) is 12.1 Å². The molecular weight excluding hydrogens is 180 g/mol. The zero-order valence-electron chi connectivity index (χ0n) is 7.64. The number of hydrogen-bond donors (Lipinski definition) is 3. The molecule has 0 aliphatic carbocycles. The number of aromatic amines is 1. The SMILES string of the molecule is NN(CCO)c1nc2ccccc2[nH]1. The number of benzene rings is 1. The third-order valence-electron chi connectivity index (χ3n) is 1.99. The number of hydrogen-bond acceptors (Lipinski definition) is 4. The molecule has 5 heteroatoms. The maximum Gasteiger partial charge on any atom is 0.218 e. The highest BCUT2D eigenvalue weighted by Gasteiger charge is 2.05. The zero-order chi connectivity index (χ0) is 9.97. The first-order valence-corrected chi connectivity index (χ1v) is 4.39. The van der Waals surface area contributed by atoms with Gasteiger partial charge < -0.3 is 10.1 Å². The average molecular weight is 192 g/mol. The Morgan fingerprint density at radius 3 is 2.93 bits per heavy atom. The number of aliphatic hydroxyl groups is 1. The van der Waals surface area contributed by atoms with Crippen LogP contribution in [-0.2, 0) is 0 Å². The van der Waals surface area contributed by atoms with E-state index in [0.717, 1.165) is 11.0 Å². The predicted octanol–water partition coefficient (Wildman–Crippen LogP) is 0.235. The first-order chi connectivity index (χ1) is 6.81. The smallest absolute Gasteiger partial charge is 0.218 e. The van der Waals surface area contributed by atoms with Gasteiger partial charge >= 0.3 is 0 Å². The summed E-state index contributed by atoms with van der Waals surface area (Å²) >= 11 is 0. The van der Waals surface area contributed by atoms with Crippen molar-refractivity contribution in [1.29, 1.82) is 0 Å². The van der Waals surface area contributed by atoms with Crippen molar-refractivity contribution < 1.29 is 5.11 Å². The van der Waals surface area contributed by atoms with Crippen molar-refractivity contribution >= 4 is 17.0 Å².